The molecule has 0 radical (unpaired) electrons. The molecule has 2 atom stereocenters. The molecule has 0 aromatic heterocycles. The molecular weight excluding hydrogens is 334 g/mol. The van der Waals surface area contributed by atoms with Gasteiger partial charge in [0.25, 0.3) is 0 Å². The first kappa shape index (κ1) is 14.5. The average molecular weight is 355 g/mol. The minimum atomic E-state index is -0.126. The largest absolute Gasteiger partial charge is 0.349 e. The van der Waals surface area contributed by atoms with E-state index in [1.165, 1.54) is 12.8 Å². The lowest BCUT2D eigenvalue weighted by atomic mass is 9.94. The molecule has 2 nitrogen and oxygen atoms in total. The normalized spacial score (nSPS) is 25.8. The van der Waals surface area contributed by atoms with Gasteiger partial charge in [0.15, 0.2) is 0 Å². The van der Waals surface area contributed by atoms with Crippen LogP contribution in [0.4, 0.5) is 0 Å². The highest BCUT2D eigenvalue weighted by Gasteiger charge is 2.34. The summed E-state index contributed by atoms with van der Waals surface area (Å²) in [5.74, 6) is 1.01. The fourth-order valence-electron chi connectivity index (χ4n) is 2.27. The molecule has 16 heavy (non-hydrogen) atoms. The molecule has 0 aromatic carbocycles. The van der Waals surface area contributed by atoms with Crippen LogP contribution in [0.15, 0.2) is 0 Å². The quantitative estimate of drug-likeness (QED) is 0.752. The molecule has 0 aromatic rings. The van der Waals surface area contributed by atoms with E-state index >= 15 is 0 Å². The van der Waals surface area contributed by atoms with Crippen molar-refractivity contribution in [1.82, 2.24) is 5.32 Å². The van der Waals surface area contributed by atoms with Crippen molar-refractivity contribution in [1.29, 1.82) is 0 Å². The van der Waals surface area contributed by atoms with E-state index in [-0.39, 0.29) is 17.4 Å². The van der Waals surface area contributed by atoms with Crippen molar-refractivity contribution in [3.8, 4) is 0 Å². The molecule has 1 fully saturated rings. The minimum Gasteiger partial charge on any atom is -0.349 e. The van der Waals surface area contributed by atoms with Gasteiger partial charge in [-0.3, -0.25) is 4.79 Å². The van der Waals surface area contributed by atoms with Crippen molar-refractivity contribution in [2.24, 2.45) is 11.8 Å². The van der Waals surface area contributed by atoms with E-state index in [2.05, 4.69) is 51.0 Å². The zero-order chi connectivity index (χ0) is 12.2. The molecule has 0 spiro atoms. The van der Waals surface area contributed by atoms with Crippen LogP contribution in [0, 0.1) is 11.8 Å². The zero-order valence-electron chi connectivity index (χ0n) is 10.1. The third kappa shape index (κ3) is 3.22. The van der Waals surface area contributed by atoms with Gasteiger partial charge in [0.2, 0.25) is 5.91 Å². The Morgan fingerprint density at radius 2 is 2.00 bits per heavy atom. The van der Waals surface area contributed by atoms with E-state index in [9.17, 15) is 4.79 Å². The number of carbonyl (C=O) groups is 1. The predicted molar refractivity (Wildman–Crippen MR) is 75.3 cm³/mol. The van der Waals surface area contributed by atoms with Crippen molar-refractivity contribution in [2.75, 3.05) is 10.7 Å². The monoisotopic (exact) mass is 353 g/mol. The fraction of sp³-hybridized carbons (Fsp3) is 0.917. The molecular formula is C12H21Br2NO. The molecule has 2 unspecified atom stereocenters. The molecule has 1 rings (SSSR count). The van der Waals surface area contributed by atoms with E-state index in [0.717, 1.165) is 23.5 Å². The number of hydrogen-bond donors (Lipinski definition) is 1. The van der Waals surface area contributed by atoms with Gasteiger partial charge in [-0.05, 0) is 25.2 Å². The summed E-state index contributed by atoms with van der Waals surface area (Å²) in [5, 5.41) is 4.82. The Balaban J connectivity index is 2.61. The lowest BCUT2D eigenvalue weighted by Gasteiger charge is -2.32. The number of halogens is 2. The molecule has 1 aliphatic carbocycles. The molecule has 1 aliphatic rings. The van der Waals surface area contributed by atoms with Gasteiger partial charge in [-0.2, -0.15) is 0 Å². The maximum absolute atomic E-state index is 12.2. The van der Waals surface area contributed by atoms with Gasteiger partial charge < -0.3 is 5.32 Å². The van der Waals surface area contributed by atoms with Crippen molar-refractivity contribution in [3.63, 3.8) is 0 Å². The number of alkyl halides is 2. The summed E-state index contributed by atoms with van der Waals surface area (Å²) in [4.78, 5) is 12.2. The number of carbonyl (C=O) groups excluding carboxylic acids is 1. The molecule has 0 bridgehead atoms. The van der Waals surface area contributed by atoms with Crippen LogP contribution in [-0.2, 0) is 4.79 Å². The lowest BCUT2D eigenvalue weighted by Crippen LogP contribution is -2.53. The smallest absolute Gasteiger partial charge is 0.223 e. The van der Waals surface area contributed by atoms with E-state index < -0.39 is 0 Å². The van der Waals surface area contributed by atoms with Crippen LogP contribution in [-0.4, -0.2) is 22.1 Å². The maximum atomic E-state index is 12.2. The highest BCUT2D eigenvalue weighted by Crippen LogP contribution is 2.32. The van der Waals surface area contributed by atoms with Gasteiger partial charge in [-0.1, -0.05) is 52.1 Å². The summed E-state index contributed by atoms with van der Waals surface area (Å²) in [7, 11) is 0. The fourth-order valence-corrected chi connectivity index (χ4v) is 4.27. The summed E-state index contributed by atoms with van der Waals surface area (Å²) in [6.45, 7) is 4.30. The Bertz CT molecular complexity index is 233. The first-order valence-corrected chi connectivity index (χ1v) is 8.27. The number of nitrogens with one attached hydrogen (secondary N) is 1. The van der Waals surface area contributed by atoms with Crippen molar-refractivity contribution >= 4 is 37.8 Å². The van der Waals surface area contributed by atoms with Gasteiger partial charge >= 0.3 is 0 Å². The number of hydrogen-bond acceptors (Lipinski definition) is 1. The van der Waals surface area contributed by atoms with Crippen LogP contribution < -0.4 is 5.32 Å². The highest BCUT2D eigenvalue weighted by molar-refractivity contribution is 9.09. The molecule has 0 aliphatic heterocycles. The molecule has 1 saturated carbocycles. The maximum Gasteiger partial charge on any atom is 0.223 e. The van der Waals surface area contributed by atoms with Crippen molar-refractivity contribution < 1.29 is 4.79 Å². The SMILES string of the molecule is CCC(CBr)(CBr)NC(=O)C1CCCC1C. The molecule has 1 N–H and O–H groups in total. The average Bonchev–Trinajstić information content (AvgIpc) is 2.72. The minimum absolute atomic E-state index is 0.126. The van der Waals surface area contributed by atoms with Crippen molar-refractivity contribution in [3.05, 3.63) is 0 Å². The van der Waals surface area contributed by atoms with E-state index in [1.807, 2.05) is 0 Å². The first-order valence-electron chi connectivity index (χ1n) is 6.02. The first-order chi connectivity index (χ1) is 7.58. The van der Waals surface area contributed by atoms with Gasteiger partial charge in [0, 0.05) is 16.6 Å². The second-order valence-corrected chi connectivity index (χ2v) is 6.03. The van der Waals surface area contributed by atoms with Gasteiger partial charge in [-0.25, -0.2) is 0 Å². The molecule has 0 saturated heterocycles. The Morgan fingerprint density at radius 1 is 1.38 bits per heavy atom. The standard InChI is InChI=1S/C12H21Br2NO/c1-3-12(7-13,8-14)15-11(16)10-6-4-5-9(10)2/h9-10H,3-8H2,1-2H3,(H,15,16). The van der Waals surface area contributed by atoms with E-state index in [4.69, 9.17) is 0 Å². The highest BCUT2D eigenvalue weighted by atomic mass is 79.9. The third-order valence-electron chi connectivity index (χ3n) is 3.77. The van der Waals surface area contributed by atoms with E-state index in [0.29, 0.717) is 5.92 Å². The van der Waals surface area contributed by atoms with E-state index in [1.54, 1.807) is 0 Å². The third-order valence-corrected chi connectivity index (χ3v) is 5.92. The van der Waals surface area contributed by atoms with Gasteiger partial charge in [-0.15, -0.1) is 0 Å². The number of amides is 1. The topological polar surface area (TPSA) is 29.1 Å². The van der Waals surface area contributed by atoms with Crippen molar-refractivity contribution in [2.45, 2.75) is 45.1 Å². The van der Waals surface area contributed by atoms with Crippen LogP contribution in [0.3, 0.4) is 0 Å². The summed E-state index contributed by atoms with van der Waals surface area (Å²) in [6, 6.07) is 0. The van der Waals surface area contributed by atoms with Crippen LogP contribution in [0.1, 0.15) is 39.5 Å². The Kier molecular flexibility index (Phi) is 5.78. The summed E-state index contributed by atoms with van der Waals surface area (Å²) >= 11 is 7.00. The van der Waals surface area contributed by atoms with Crippen LogP contribution in [0.5, 0.6) is 0 Å². The Morgan fingerprint density at radius 3 is 2.38 bits per heavy atom. The second-order valence-electron chi connectivity index (χ2n) is 4.91. The van der Waals surface area contributed by atoms with Gasteiger partial charge in [0.05, 0.1) is 5.54 Å². The molecule has 1 amide bonds. The molecule has 94 valence electrons. The summed E-state index contributed by atoms with van der Waals surface area (Å²) in [5.41, 5.74) is -0.126. The second kappa shape index (κ2) is 6.39. The molecule has 4 heteroatoms. The Hall–Kier alpha value is 0.430. The summed E-state index contributed by atoms with van der Waals surface area (Å²) in [6.07, 6.45) is 4.38. The van der Waals surface area contributed by atoms with Crippen LogP contribution in [0.2, 0.25) is 0 Å². The Labute approximate surface area is 115 Å². The van der Waals surface area contributed by atoms with Crippen LogP contribution >= 0.6 is 31.9 Å². The van der Waals surface area contributed by atoms with Crippen LogP contribution in [0.25, 0.3) is 0 Å². The zero-order valence-corrected chi connectivity index (χ0v) is 13.2. The summed E-state index contributed by atoms with van der Waals surface area (Å²) < 4.78 is 0. The predicted octanol–water partition coefficient (Wildman–Crippen LogP) is 3.48. The number of rotatable bonds is 5. The lowest BCUT2D eigenvalue weighted by molar-refractivity contribution is -0.127. The molecule has 0 heterocycles. The van der Waals surface area contributed by atoms with Gasteiger partial charge in [0.1, 0.15) is 0 Å².